The Kier molecular flexibility index (Phi) is 3.87. The van der Waals surface area contributed by atoms with Crippen LogP contribution >= 0.6 is 0 Å². The molecule has 0 spiro atoms. The highest BCUT2D eigenvalue weighted by molar-refractivity contribution is 5.87. The molecular weight excluding hydrogens is 230 g/mol. The largest absolute Gasteiger partial charge is 0.486 e. The SMILES string of the molecule is CC=CC(=O)N(C)CC1COc2ccccc2O1. The quantitative estimate of drug-likeness (QED) is 0.765. The monoisotopic (exact) mass is 247 g/mol. The van der Waals surface area contributed by atoms with Gasteiger partial charge in [-0.15, -0.1) is 0 Å². The molecule has 96 valence electrons. The summed E-state index contributed by atoms with van der Waals surface area (Å²) in [6.07, 6.45) is 3.14. The Hall–Kier alpha value is -1.97. The molecule has 2 rings (SSSR count). The zero-order valence-electron chi connectivity index (χ0n) is 10.6. The zero-order chi connectivity index (χ0) is 13.0. The number of nitrogens with zero attached hydrogens (tertiary/aromatic N) is 1. The van der Waals surface area contributed by atoms with Crippen molar-refractivity contribution in [3.63, 3.8) is 0 Å². The van der Waals surface area contributed by atoms with E-state index in [4.69, 9.17) is 9.47 Å². The van der Waals surface area contributed by atoms with E-state index in [0.29, 0.717) is 13.2 Å². The maximum absolute atomic E-state index is 11.6. The van der Waals surface area contributed by atoms with Gasteiger partial charge in [-0.2, -0.15) is 0 Å². The Balaban J connectivity index is 1.95. The predicted molar refractivity (Wildman–Crippen MR) is 68.8 cm³/mol. The van der Waals surface area contributed by atoms with E-state index in [1.54, 1.807) is 18.0 Å². The molecular formula is C14H17NO3. The summed E-state index contributed by atoms with van der Waals surface area (Å²) in [7, 11) is 1.76. The van der Waals surface area contributed by atoms with Crippen LogP contribution in [0, 0.1) is 0 Å². The molecule has 1 aromatic carbocycles. The number of ether oxygens (including phenoxy) is 2. The number of carbonyl (C=O) groups is 1. The van der Waals surface area contributed by atoms with Gasteiger partial charge in [-0.05, 0) is 25.1 Å². The van der Waals surface area contributed by atoms with Crippen molar-refractivity contribution in [3.05, 3.63) is 36.4 Å². The molecule has 1 amide bonds. The van der Waals surface area contributed by atoms with Gasteiger partial charge in [0.25, 0.3) is 0 Å². The minimum Gasteiger partial charge on any atom is -0.486 e. The van der Waals surface area contributed by atoms with Crippen LogP contribution in [-0.2, 0) is 4.79 Å². The van der Waals surface area contributed by atoms with Gasteiger partial charge in [0.05, 0.1) is 6.54 Å². The summed E-state index contributed by atoms with van der Waals surface area (Å²) < 4.78 is 11.4. The lowest BCUT2D eigenvalue weighted by Gasteiger charge is -2.29. The minimum absolute atomic E-state index is 0.0278. The van der Waals surface area contributed by atoms with Gasteiger partial charge in [0.1, 0.15) is 6.61 Å². The lowest BCUT2D eigenvalue weighted by atomic mass is 10.2. The second-order valence-corrected chi connectivity index (χ2v) is 4.22. The molecule has 1 heterocycles. The molecule has 1 aliphatic heterocycles. The maximum Gasteiger partial charge on any atom is 0.246 e. The van der Waals surface area contributed by atoms with Gasteiger partial charge < -0.3 is 14.4 Å². The fourth-order valence-electron chi connectivity index (χ4n) is 1.82. The fraction of sp³-hybridized carbons (Fsp3) is 0.357. The highest BCUT2D eigenvalue weighted by atomic mass is 16.6. The smallest absolute Gasteiger partial charge is 0.246 e. The van der Waals surface area contributed by atoms with Crippen molar-refractivity contribution < 1.29 is 14.3 Å². The fourth-order valence-corrected chi connectivity index (χ4v) is 1.82. The standard InChI is InChI=1S/C14H17NO3/c1-3-6-14(16)15(2)9-11-10-17-12-7-4-5-8-13(12)18-11/h3-8,11H,9-10H2,1-2H3. The highest BCUT2D eigenvalue weighted by Gasteiger charge is 2.22. The van der Waals surface area contributed by atoms with Crippen molar-refractivity contribution in [1.29, 1.82) is 0 Å². The summed E-state index contributed by atoms with van der Waals surface area (Å²) in [6, 6.07) is 7.55. The first-order chi connectivity index (χ1) is 8.70. The molecule has 0 saturated carbocycles. The number of hydrogen-bond donors (Lipinski definition) is 0. The van der Waals surface area contributed by atoms with Crippen molar-refractivity contribution in [1.82, 2.24) is 4.90 Å². The number of allylic oxidation sites excluding steroid dienone is 1. The number of rotatable bonds is 3. The van der Waals surface area contributed by atoms with Crippen molar-refractivity contribution in [3.8, 4) is 11.5 Å². The molecule has 0 bridgehead atoms. The third-order valence-corrected chi connectivity index (χ3v) is 2.73. The number of likely N-dealkylation sites (N-methyl/N-ethyl adjacent to an activating group) is 1. The van der Waals surface area contributed by atoms with Crippen LogP contribution in [0.1, 0.15) is 6.92 Å². The molecule has 0 fully saturated rings. The number of para-hydroxylation sites is 2. The average Bonchev–Trinajstić information content (AvgIpc) is 2.39. The van der Waals surface area contributed by atoms with E-state index in [9.17, 15) is 4.79 Å². The Bertz CT molecular complexity index is 456. The predicted octanol–water partition coefficient (Wildman–Crippen LogP) is 1.86. The zero-order valence-corrected chi connectivity index (χ0v) is 10.6. The molecule has 1 aromatic rings. The van der Waals surface area contributed by atoms with E-state index >= 15 is 0 Å². The third-order valence-electron chi connectivity index (χ3n) is 2.73. The molecule has 0 radical (unpaired) electrons. The molecule has 0 saturated heterocycles. The summed E-state index contributed by atoms with van der Waals surface area (Å²) in [4.78, 5) is 13.2. The van der Waals surface area contributed by atoms with E-state index in [-0.39, 0.29) is 12.0 Å². The Morgan fingerprint density at radius 3 is 2.89 bits per heavy atom. The van der Waals surface area contributed by atoms with Crippen LogP contribution in [0.25, 0.3) is 0 Å². The Morgan fingerprint density at radius 1 is 1.44 bits per heavy atom. The van der Waals surface area contributed by atoms with Gasteiger partial charge >= 0.3 is 0 Å². The Morgan fingerprint density at radius 2 is 2.17 bits per heavy atom. The first-order valence-corrected chi connectivity index (χ1v) is 5.97. The summed E-state index contributed by atoms with van der Waals surface area (Å²) in [5, 5.41) is 0. The van der Waals surface area contributed by atoms with Gasteiger partial charge in [-0.25, -0.2) is 0 Å². The van der Waals surface area contributed by atoms with Gasteiger partial charge in [-0.3, -0.25) is 4.79 Å². The topological polar surface area (TPSA) is 38.8 Å². The van der Waals surface area contributed by atoms with E-state index < -0.39 is 0 Å². The normalized spacial score (nSPS) is 17.8. The first kappa shape index (κ1) is 12.5. The molecule has 1 atom stereocenters. The maximum atomic E-state index is 11.6. The van der Waals surface area contributed by atoms with Crippen LogP contribution in [0.4, 0.5) is 0 Å². The molecule has 4 heteroatoms. The van der Waals surface area contributed by atoms with Crippen molar-refractivity contribution in [2.75, 3.05) is 20.2 Å². The van der Waals surface area contributed by atoms with Gasteiger partial charge in [0, 0.05) is 7.05 Å². The Labute approximate surface area is 107 Å². The van der Waals surface area contributed by atoms with E-state index in [2.05, 4.69) is 0 Å². The number of hydrogen-bond acceptors (Lipinski definition) is 3. The molecule has 0 aliphatic carbocycles. The van der Waals surface area contributed by atoms with Gasteiger partial charge in [0.2, 0.25) is 5.91 Å². The average molecular weight is 247 g/mol. The number of amides is 1. The van der Waals surface area contributed by atoms with Crippen LogP contribution in [0.3, 0.4) is 0 Å². The lowest BCUT2D eigenvalue weighted by Crippen LogP contribution is -2.41. The van der Waals surface area contributed by atoms with Gasteiger partial charge in [0.15, 0.2) is 17.6 Å². The molecule has 1 unspecified atom stereocenters. The molecule has 1 aliphatic rings. The number of fused-ring (bicyclic) bond motifs is 1. The van der Waals surface area contributed by atoms with Crippen molar-refractivity contribution in [2.24, 2.45) is 0 Å². The summed E-state index contributed by atoms with van der Waals surface area (Å²) in [5.41, 5.74) is 0. The second-order valence-electron chi connectivity index (χ2n) is 4.22. The van der Waals surface area contributed by atoms with Crippen LogP contribution < -0.4 is 9.47 Å². The summed E-state index contributed by atoms with van der Waals surface area (Å²) >= 11 is 0. The number of benzene rings is 1. The summed E-state index contributed by atoms with van der Waals surface area (Å²) in [5.74, 6) is 1.47. The molecule has 18 heavy (non-hydrogen) atoms. The first-order valence-electron chi connectivity index (χ1n) is 5.97. The summed E-state index contributed by atoms with van der Waals surface area (Å²) in [6.45, 7) is 2.80. The van der Waals surface area contributed by atoms with E-state index in [1.165, 1.54) is 6.08 Å². The minimum atomic E-state index is -0.126. The number of carbonyl (C=O) groups excluding carboxylic acids is 1. The van der Waals surface area contributed by atoms with Crippen LogP contribution in [0.2, 0.25) is 0 Å². The molecule has 4 nitrogen and oxygen atoms in total. The van der Waals surface area contributed by atoms with Gasteiger partial charge in [-0.1, -0.05) is 18.2 Å². The van der Waals surface area contributed by atoms with Crippen LogP contribution in [0.5, 0.6) is 11.5 Å². The van der Waals surface area contributed by atoms with Crippen LogP contribution in [0.15, 0.2) is 36.4 Å². The van der Waals surface area contributed by atoms with Crippen molar-refractivity contribution >= 4 is 5.91 Å². The second kappa shape index (κ2) is 5.58. The molecule has 0 aromatic heterocycles. The van der Waals surface area contributed by atoms with E-state index in [0.717, 1.165) is 11.5 Å². The van der Waals surface area contributed by atoms with E-state index in [1.807, 2.05) is 31.2 Å². The molecule has 0 N–H and O–H groups in total. The van der Waals surface area contributed by atoms with Crippen LogP contribution in [-0.4, -0.2) is 37.1 Å². The third kappa shape index (κ3) is 2.83. The lowest BCUT2D eigenvalue weighted by molar-refractivity contribution is -0.126. The van der Waals surface area contributed by atoms with Crippen molar-refractivity contribution in [2.45, 2.75) is 13.0 Å². The highest BCUT2D eigenvalue weighted by Crippen LogP contribution is 2.30.